The Bertz CT molecular complexity index is 427. The zero-order valence-electron chi connectivity index (χ0n) is 13.0. The van der Waals surface area contributed by atoms with Crippen molar-refractivity contribution >= 4 is 23.2 Å². The van der Waals surface area contributed by atoms with E-state index in [1.54, 1.807) is 13.2 Å². The molecule has 0 saturated heterocycles. The Morgan fingerprint density at radius 1 is 1.29 bits per heavy atom. The number of hydrogen-bond acceptors (Lipinski definition) is 3. The first-order valence-corrected chi connectivity index (χ1v) is 8.14. The van der Waals surface area contributed by atoms with Gasteiger partial charge in [0.1, 0.15) is 5.75 Å². The molecule has 0 heterocycles. The lowest BCUT2D eigenvalue weighted by Gasteiger charge is -2.17. The first-order valence-electron chi connectivity index (χ1n) is 7.38. The third kappa shape index (κ3) is 6.88. The van der Waals surface area contributed by atoms with Gasteiger partial charge in [-0.15, -0.1) is 0 Å². The van der Waals surface area contributed by atoms with Gasteiger partial charge in [-0.25, -0.2) is 0 Å². The number of methoxy groups -OCH3 is 1. The van der Waals surface area contributed by atoms with Crippen LogP contribution < -0.4 is 10.1 Å². The maximum Gasteiger partial charge on any atom is 0.142 e. The summed E-state index contributed by atoms with van der Waals surface area (Å²) < 4.78 is 10.9. The first-order chi connectivity index (χ1) is 10.1. The SMILES string of the molecule is CCCC(C)COc1c(Cl)cc(Cl)cc1CNCCOC. The van der Waals surface area contributed by atoms with Crippen molar-refractivity contribution in [3.8, 4) is 5.75 Å². The highest BCUT2D eigenvalue weighted by atomic mass is 35.5. The average Bonchev–Trinajstić information content (AvgIpc) is 2.42. The van der Waals surface area contributed by atoms with Crippen molar-refractivity contribution in [1.82, 2.24) is 5.32 Å². The van der Waals surface area contributed by atoms with E-state index in [1.165, 1.54) is 0 Å². The lowest BCUT2D eigenvalue weighted by atomic mass is 10.1. The Morgan fingerprint density at radius 2 is 2.05 bits per heavy atom. The first kappa shape index (κ1) is 18.6. The highest BCUT2D eigenvalue weighted by Crippen LogP contribution is 2.33. The largest absolute Gasteiger partial charge is 0.491 e. The maximum atomic E-state index is 6.27. The summed E-state index contributed by atoms with van der Waals surface area (Å²) in [6, 6.07) is 3.62. The quantitative estimate of drug-likeness (QED) is 0.637. The highest BCUT2D eigenvalue weighted by molar-refractivity contribution is 6.35. The highest BCUT2D eigenvalue weighted by Gasteiger charge is 2.12. The van der Waals surface area contributed by atoms with Crippen LogP contribution in [0.25, 0.3) is 0 Å². The number of rotatable bonds is 10. The van der Waals surface area contributed by atoms with Crippen LogP contribution in [-0.2, 0) is 11.3 Å². The lowest BCUT2D eigenvalue weighted by Crippen LogP contribution is -2.19. The molecule has 0 radical (unpaired) electrons. The van der Waals surface area contributed by atoms with E-state index in [0.29, 0.717) is 35.7 Å². The van der Waals surface area contributed by atoms with Crippen LogP contribution in [0, 0.1) is 5.92 Å². The minimum atomic E-state index is 0.510. The minimum Gasteiger partial charge on any atom is -0.491 e. The van der Waals surface area contributed by atoms with Gasteiger partial charge in [0.05, 0.1) is 18.2 Å². The smallest absolute Gasteiger partial charge is 0.142 e. The van der Waals surface area contributed by atoms with Crippen molar-refractivity contribution in [3.63, 3.8) is 0 Å². The van der Waals surface area contributed by atoms with Crippen LogP contribution in [0.4, 0.5) is 0 Å². The average molecular weight is 334 g/mol. The Kier molecular flexibility index (Phi) is 9.09. The fraction of sp³-hybridized carbons (Fsp3) is 0.625. The van der Waals surface area contributed by atoms with Gasteiger partial charge in [0.15, 0.2) is 0 Å². The molecule has 0 spiro atoms. The van der Waals surface area contributed by atoms with Gasteiger partial charge in [-0.05, 0) is 24.5 Å². The molecule has 120 valence electrons. The zero-order chi connectivity index (χ0) is 15.7. The van der Waals surface area contributed by atoms with Gasteiger partial charge in [0.2, 0.25) is 0 Å². The van der Waals surface area contributed by atoms with Crippen LogP contribution >= 0.6 is 23.2 Å². The predicted octanol–water partition coefficient (Wildman–Crippen LogP) is 4.54. The molecule has 0 aromatic heterocycles. The summed E-state index contributed by atoms with van der Waals surface area (Å²) >= 11 is 12.4. The van der Waals surface area contributed by atoms with E-state index in [1.807, 2.05) is 6.07 Å². The summed E-state index contributed by atoms with van der Waals surface area (Å²) in [4.78, 5) is 0. The van der Waals surface area contributed by atoms with Crippen LogP contribution in [0.15, 0.2) is 12.1 Å². The molecule has 0 aliphatic rings. The predicted molar refractivity (Wildman–Crippen MR) is 89.6 cm³/mol. The fourth-order valence-electron chi connectivity index (χ4n) is 2.11. The van der Waals surface area contributed by atoms with Gasteiger partial charge < -0.3 is 14.8 Å². The van der Waals surface area contributed by atoms with Crippen molar-refractivity contribution in [2.45, 2.75) is 33.2 Å². The number of nitrogens with one attached hydrogen (secondary N) is 1. The van der Waals surface area contributed by atoms with Crippen LogP contribution in [0.5, 0.6) is 5.75 Å². The van der Waals surface area contributed by atoms with Crippen molar-refractivity contribution in [1.29, 1.82) is 0 Å². The second-order valence-electron chi connectivity index (χ2n) is 5.25. The molecule has 1 rings (SSSR count). The van der Waals surface area contributed by atoms with E-state index in [4.69, 9.17) is 32.7 Å². The molecule has 5 heteroatoms. The molecule has 1 aromatic carbocycles. The van der Waals surface area contributed by atoms with Gasteiger partial charge in [0, 0.05) is 30.8 Å². The van der Waals surface area contributed by atoms with Gasteiger partial charge >= 0.3 is 0 Å². The molecule has 3 nitrogen and oxygen atoms in total. The Morgan fingerprint density at radius 3 is 2.71 bits per heavy atom. The standard InChI is InChI=1S/C16H25Cl2NO2/c1-4-5-12(2)11-21-16-13(10-19-6-7-20-3)8-14(17)9-15(16)18/h8-9,12,19H,4-7,10-11H2,1-3H3. The number of benzene rings is 1. The molecule has 1 N–H and O–H groups in total. The number of halogens is 2. The van der Waals surface area contributed by atoms with Crippen LogP contribution in [0.1, 0.15) is 32.3 Å². The van der Waals surface area contributed by atoms with E-state index in [0.717, 1.165) is 30.7 Å². The Balaban J connectivity index is 2.70. The van der Waals surface area contributed by atoms with Gasteiger partial charge in [-0.1, -0.05) is 43.5 Å². The van der Waals surface area contributed by atoms with Crippen LogP contribution in [0.3, 0.4) is 0 Å². The Labute approximate surface area is 137 Å². The summed E-state index contributed by atoms with van der Waals surface area (Å²) in [5.74, 6) is 1.24. The molecule has 0 aliphatic carbocycles. The molecular weight excluding hydrogens is 309 g/mol. The molecule has 1 aromatic rings. The summed E-state index contributed by atoms with van der Waals surface area (Å²) in [5, 5.41) is 4.48. The van der Waals surface area contributed by atoms with Crippen molar-refractivity contribution < 1.29 is 9.47 Å². The van der Waals surface area contributed by atoms with E-state index >= 15 is 0 Å². The topological polar surface area (TPSA) is 30.5 Å². The summed E-state index contributed by atoms with van der Waals surface area (Å²) in [7, 11) is 1.68. The van der Waals surface area contributed by atoms with Crippen molar-refractivity contribution in [2.75, 3.05) is 26.9 Å². The van der Waals surface area contributed by atoms with E-state index < -0.39 is 0 Å². The molecule has 0 saturated carbocycles. The summed E-state index contributed by atoms with van der Waals surface area (Å²) in [5.41, 5.74) is 0.979. The van der Waals surface area contributed by atoms with Gasteiger partial charge in [0.25, 0.3) is 0 Å². The van der Waals surface area contributed by atoms with Crippen LogP contribution in [-0.4, -0.2) is 26.9 Å². The molecule has 1 atom stereocenters. The summed E-state index contributed by atoms with van der Waals surface area (Å²) in [6.07, 6.45) is 2.30. The summed E-state index contributed by atoms with van der Waals surface area (Å²) in [6.45, 7) is 7.12. The normalized spacial score (nSPS) is 12.4. The lowest BCUT2D eigenvalue weighted by molar-refractivity contribution is 0.198. The molecule has 1 unspecified atom stereocenters. The van der Waals surface area contributed by atoms with E-state index in [9.17, 15) is 0 Å². The Hall–Kier alpha value is -0.480. The monoisotopic (exact) mass is 333 g/mol. The molecule has 21 heavy (non-hydrogen) atoms. The number of hydrogen-bond donors (Lipinski definition) is 1. The van der Waals surface area contributed by atoms with Crippen molar-refractivity contribution in [2.24, 2.45) is 5.92 Å². The van der Waals surface area contributed by atoms with Gasteiger partial charge in [-0.3, -0.25) is 0 Å². The van der Waals surface area contributed by atoms with Crippen LogP contribution in [0.2, 0.25) is 10.0 Å². The fourth-order valence-corrected chi connectivity index (χ4v) is 2.70. The van der Waals surface area contributed by atoms with E-state index in [2.05, 4.69) is 19.2 Å². The second kappa shape index (κ2) is 10.3. The van der Waals surface area contributed by atoms with Gasteiger partial charge in [-0.2, -0.15) is 0 Å². The second-order valence-corrected chi connectivity index (χ2v) is 6.09. The molecule has 0 bridgehead atoms. The molecule has 0 amide bonds. The third-order valence-corrected chi connectivity index (χ3v) is 3.68. The molecule has 0 aliphatic heterocycles. The number of ether oxygens (including phenoxy) is 2. The van der Waals surface area contributed by atoms with Crippen molar-refractivity contribution in [3.05, 3.63) is 27.7 Å². The minimum absolute atomic E-state index is 0.510. The molecule has 0 fully saturated rings. The maximum absolute atomic E-state index is 6.27. The zero-order valence-corrected chi connectivity index (χ0v) is 14.6. The third-order valence-electron chi connectivity index (χ3n) is 3.18. The molecular formula is C16H25Cl2NO2. The van der Waals surface area contributed by atoms with E-state index in [-0.39, 0.29) is 0 Å².